The molecule has 0 radical (unpaired) electrons. The molecule has 3 rings (SSSR count). The maximum absolute atomic E-state index is 12.5. The fraction of sp³-hybridized carbons (Fsp3) is 0.421. The average molecular weight is 341 g/mol. The van der Waals surface area contributed by atoms with E-state index < -0.39 is 0 Å². The number of aromatic nitrogens is 2. The number of benzene rings is 1. The number of nitrogens with zero attached hydrogens (tertiary/aromatic N) is 3. The molecular formula is C19H23N3O3. The Morgan fingerprint density at radius 3 is 2.48 bits per heavy atom. The van der Waals surface area contributed by atoms with Crippen molar-refractivity contribution in [2.45, 2.75) is 32.6 Å². The summed E-state index contributed by atoms with van der Waals surface area (Å²) in [5.41, 5.74) is 1.97. The zero-order valence-electron chi connectivity index (χ0n) is 14.9. The lowest BCUT2D eigenvalue weighted by Crippen LogP contribution is -2.37. The number of carbonyl (C=O) groups is 1. The molecule has 6 nitrogen and oxygen atoms in total. The summed E-state index contributed by atoms with van der Waals surface area (Å²) >= 11 is 0. The second-order valence-electron chi connectivity index (χ2n) is 6.31. The normalized spacial score (nSPS) is 16.1. The molecule has 0 unspecified atom stereocenters. The highest BCUT2D eigenvalue weighted by Gasteiger charge is 2.26. The maximum Gasteiger partial charge on any atom is 0.246 e. The van der Waals surface area contributed by atoms with Gasteiger partial charge in [-0.15, -0.1) is 10.2 Å². The topological polar surface area (TPSA) is 68.5 Å². The van der Waals surface area contributed by atoms with Crippen molar-refractivity contribution < 1.29 is 13.9 Å². The van der Waals surface area contributed by atoms with E-state index in [1.165, 1.54) is 0 Å². The fourth-order valence-corrected chi connectivity index (χ4v) is 3.04. The van der Waals surface area contributed by atoms with E-state index in [0.29, 0.717) is 24.9 Å². The number of carbonyl (C=O) groups excluding carboxylic acids is 1. The number of hydrogen-bond acceptors (Lipinski definition) is 5. The van der Waals surface area contributed by atoms with Crippen LogP contribution >= 0.6 is 0 Å². The number of piperidine rings is 1. The van der Waals surface area contributed by atoms with Crippen LogP contribution in [-0.2, 0) is 4.79 Å². The Hall–Kier alpha value is -2.63. The van der Waals surface area contributed by atoms with Crippen molar-refractivity contribution in [1.29, 1.82) is 0 Å². The number of allylic oxidation sites excluding steroid dienone is 1. The molecule has 0 atom stereocenters. The number of rotatable bonds is 4. The van der Waals surface area contributed by atoms with Gasteiger partial charge in [0.05, 0.1) is 7.11 Å². The van der Waals surface area contributed by atoms with Gasteiger partial charge < -0.3 is 14.1 Å². The van der Waals surface area contributed by atoms with E-state index in [0.717, 1.165) is 29.7 Å². The van der Waals surface area contributed by atoms with Crippen LogP contribution in [0.25, 0.3) is 5.57 Å². The summed E-state index contributed by atoms with van der Waals surface area (Å²) in [6.45, 7) is 5.16. The van der Waals surface area contributed by atoms with Crippen molar-refractivity contribution in [2.24, 2.45) is 0 Å². The summed E-state index contributed by atoms with van der Waals surface area (Å²) in [6.07, 6.45) is 3.41. The van der Waals surface area contributed by atoms with Crippen LogP contribution in [0.2, 0.25) is 0 Å². The third-order valence-electron chi connectivity index (χ3n) is 4.58. The highest BCUT2D eigenvalue weighted by Crippen LogP contribution is 2.27. The van der Waals surface area contributed by atoms with E-state index in [4.69, 9.17) is 9.15 Å². The number of likely N-dealkylation sites (tertiary alicyclic amines) is 1. The molecule has 1 aliphatic heterocycles. The SMILES string of the molecule is COc1ccc(/C(C)=C/C(=O)N2CCC(c3nnc(C)o3)CC2)cc1. The molecule has 6 heteroatoms. The number of hydrogen-bond donors (Lipinski definition) is 0. The van der Waals surface area contributed by atoms with Crippen LogP contribution in [0.15, 0.2) is 34.8 Å². The molecule has 0 aliphatic carbocycles. The quantitative estimate of drug-likeness (QED) is 0.799. The fourth-order valence-electron chi connectivity index (χ4n) is 3.04. The van der Waals surface area contributed by atoms with Crippen LogP contribution in [0.3, 0.4) is 0 Å². The third kappa shape index (κ3) is 4.07. The predicted octanol–water partition coefficient (Wildman–Crippen LogP) is 3.20. The molecule has 1 fully saturated rings. The second kappa shape index (κ2) is 7.51. The summed E-state index contributed by atoms with van der Waals surface area (Å²) in [4.78, 5) is 14.4. The van der Waals surface area contributed by atoms with Gasteiger partial charge >= 0.3 is 0 Å². The molecular weight excluding hydrogens is 318 g/mol. The van der Waals surface area contributed by atoms with Gasteiger partial charge in [0.15, 0.2) is 0 Å². The third-order valence-corrected chi connectivity index (χ3v) is 4.58. The van der Waals surface area contributed by atoms with Crippen LogP contribution in [-0.4, -0.2) is 41.2 Å². The van der Waals surface area contributed by atoms with Crippen molar-refractivity contribution in [1.82, 2.24) is 15.1 Å². The van der Waals surface area contributed by atoms with Gasteiger partial charge in [-0.05, 0) is 43.0 Å². The Morgan fingerprint density at radius 1 is 1.24 bits per heavy atom. The molecule has 25 heavy (non-hydrogen) atoms. The summed E-state index contributed by atoms with van der Waals surface area (Å²) in [5, 5.41) is 7.98. The zero-order chi connectivity index (χ0) is 17.8. The maximum atomic E-state index is 12.5. The first-order chi connectivity index (χ1) is 12.1. The van der Waals surface area contributed by atoms with Crippen molar-refractivity contribution in [3.63, 3.8) is 0 Å². The van der Waals surface area contributed by atoms with Crippen molar-refractivity contribution in [3.8, 4) is 5.75 Å². The Balaban J connectivity index is 1.59. The van der Waals surface area contributed by atoms with Crippen molar-refractivity contribution in [3.05, 3.63) is 47.7 Å². The Kier molecular flexibility index (Phi) is 5.16. The Morgan fingerprint density at radius 2 is 1.92 bits per heavy atom. The largest absolute Gasteiger partial charge is 0.497 e. The lowest BCUT2D eigenvalue weighted by atomic mass is 9.96. The lowest BCUT2D eigenvalue weighted by molar-refractivity contribution is -0.127. The molecule has 2 heterocycles. The molecule has 2 aromatic rings. The van der Waals surface area contributed by atoms with Gasteiger partial charge in [-0.1, -0.05) is 12.1 Å². The summed E-state index contributed by atoms with van der Waals surface area (Å²) in [6, 6.07) is 7.72. The second-order valence-corrected chi connectivity index (χ2v) is 6.31. The first-order valence-corrected chi connectivity index (χ1v) is 8.48. The molecule has 0 bridgehead atoms. The van der Waals surface area contributed by atoms with Crippen LogP contribution < -0.4 is 4.74 Å². The highest BCUT2D eigenvalue weighted by molar-refractivity contribution is 5.94. The smallest absolute Gasteiger partial charge is 0.246 e. The molecule has 1 amide bonds. The van der Waals surface area contributed by atoms with Gasteiger partial charge in [0.2, 0.25) is 17.7 Å². The molecule has 1 aromatic heterocycles. The molecule has 0 N–H and O–H groups in total. The van der Waals surface area contributed by atoms with Crippen LogP contribution in [0.5, 0.6) is 5.75 Å². The number of ether oxygens (including phenoxy) is 1. The van der Waals surface area contributed by atoms with Gasteiger partial charge in [-0.2, -0.15) is 0 Å². The summed E-state index contributed by atoms with van der Waals surface area (Å²) in [5.74, 6) is 2.38. The van der Waals surface area contributed by atoms with Crippen LogP contribution in [0, 0.1) is 6.92 Å². The van der Waals surface area contributed by atoms with E-state index >= 15 is 0 Å². The minimum atomic E-state index is 0.0495. The van der Waals surface area contributed by atoms with Crippen molar-refractivity contribution in [2.75, 3.05) is 20.2 Å². The van der Waals surface area contributed by atoms with E-state index in [1.54, 1.807) is 20.1 Å². The van der Waals surface area contributed by atoms with Gasteiger partial charge in [0.25, 0.3) is 0 Å². The number of methoxy groups -OCH3 is 1. The van der Waals surface area contributed by atoms with Gasteiger partial charge in [0.1, 0.15) is 5.75 Å². The standard InChI is InChI=1S/C19H23N3O3/c1-13(15-4-6-17(24-3)7-5-15)12-18(23)22-10-8-16(9-11-22)19-21-20-14(2)25-19/h4-7,12,16H,8-11H2,1-3H3/b13-12+. The minimum absolute atomic E-state index is 0.0495. The number of amides is 1. The summed E-state index contributed by atoms with van der Waals surface area (Å²) < 4.78 is 10.7. The highest BCUT2D eigenvalue weighted by atomic mass is 16.5. The first kappa shape index (κ1) is 17.2. The Labute approximate surface area is 147 Å². The molecule has 0 saturated carbocycles. The lowest BCUT2D eigenvalue weighted by Gasteiger charge is -2.29. The van der Waals surface area contributed by atoms with Gasteiger partial charge in [-0.25, -0.2) is 0 Å². The molecule has 1 saturated heterocycles. The van der Waals surface area contributed by atoms with Crippen LogP contribution in [0.1, 0.15) is 43.0 Å². The molecule has 1 aromatic carbocycles. The van der Waals surface area contributed by atoms with Gasteiger partial charge in [-0.3, -0.25) is 4.79 Å². The predicted molar refractivity (Wildman–Crippen MR) is 94.2 cm³/mol. The molecule has 132 valence electrons. The summed E-state index contributed by atoms with van der Waals surface area (Å²) in [7, 11) is 1.64. The number of aryl methyl sites for hydroxylation is 1. The van der Waals surface area contributed by atoms with E-state index in [2.05, 4.69) is 10.2 Å². The molecule has 1 aliphatic rings. The zero-order valence-corrected chi connectivity index (χ0v) is 14.9. The monoisotopic (exact) mass is 341 g/mol. The average Bonchev–Trinajstić information content (AvgIpc) is 3.08. The van der Waals surface area contributed by atoms with E-state index in [-0.39, 0.29) is 11.8 Å². The molecule has 0 spiro atoms. The van der Waals surface area contributed by atoms with E-state index in [1.807, 2.05) is 36.1 Å². The van der Waals surface area contributed by atoms with Crippen molar-refractivity contribution >= 4 is 11.5 Å². The minimum Gasteiger partial charge on any atom is -0.497 e. The van der Waals surface area contributed by atoms with Gasteiger partial charge in [0, 0.05) is 32.0 Å². The van der Waals surface area contributed by atoms with Crippen LogP contribution in [0.4, 0.5) is 0 Å². The Bertz CT molecular complexity index is 756. The van der Waals surface area contributed by atoms with E-state index in [9.17, 15) is 4.79 Å². The first-order valence-electron chi connectivity index (χ1n) is 8.48.